The van der Waals surface area contributed by atoms with E-state index < -0.39 is 0 Å². The van der Waals surface area contributed by atoms with Gasteiger partial charge in [0.1, 0.15) is 5.78 Å². The molecule has 3 nitrogen and oxygen atoms in total. The van der Waals surface area contributed by atoms with Gasteiger partial charge in [-0.05, 0) is 23.5 Å². The molecular weight excluding hydrogens is 224 g/mol. The van der Waals surface area contributed by atoms with Crippen molar-refractivity contribution in [1.82, 2.24) is 10.2 Å². The summed E-state index contributed by atoms with van der Waals surface area (Å²) < 4.78 is 0. The summed E-state index contributed by atoms with van der Waals surface area (Å²) in [5.74, 6) is 0.882. The molecular formula is C15H20N2O. The fraction of sp³-hybridized carbons (Fsp3) is 0.533. The second kappa shape index (κ2) is 5.21. The van der Waals surface area contributed by atoms with Crippen LogP contribution in [0.3, 0.4) is 0 Å². The number of ketones is 1. The Labute approximate surface area is 108 Å². The maximum absolute atomic E-state index is 12.1. The van der Waals surface area contributed by atoms with Crippen LogP contribution in [-0.2, 0) is 11.2 Å². The third-order valence-electron chi connectivity index (χ3n) is 4.04. The van der Waals surface area contributed by atoms with Crippen molar-refractivity contribution in [3.8, 4) is 0 Å². The van der Waals surface area contributed by atoms with Gasteiger partial charge in [0.25, 0.3) is 0 Å². The van der Waals surface area contributed by atoms with Crippen LogP contribution in [0.25, 0.3) is 0 Å². The largest absolute Gasteiger partial charge is 0.314 e. The van der Waals surface area contributed by atoms with Crippen LogP contribution >= 0.6 is 0 Å². The molecule has 1 fully saturated rings. The average molecular weight is 244 g/mol. The van der Waals surface area contributed by atoms with E-state index in [0.717, 1.165) is 39.0 Å². The van der Waals surface area contributed by atoms with Crippen molar-refractivity contribution in [2.24, 2.45) is 0 Å². The number of carbonyl (C=O) groups excluding carboxylic acids is 1. The van der Waals surface area contributed by atoms with Gasteiger partial charge in [-0.3, -0.25) is 9.69 Å². The maximum atomic E-state index is 12.1. The first-order valence-corrected chi connectivity index (χ1v) is 6.85. The number of rotatable bonds is 4. The molecule has 0 amide bonds. The first-order valence-electron chi connectivity index (χ1n) is 6.85. The van der Waals surface area contributed by atoms with Crippen molar-refractivity contribution in [2.45, 2.75) is 18.8 Å². The van der Waals surface area contributed by atoms with Crippen molar-refractivity contribution >= 4 is 5.78 Å². The van der Waals surface area contributed by atoms with E-state index in [1.54, 1.807) is 0 Å². The van der Waals surface area contributed by atoms with Crippen molar-refractivity contribution in [2.75, 3.05) is 32.7 Å². The van der Waals surface area contributed by atoms with E-state index in [0.29, 0.717) is 18.2 Å². The highest BCUT2D eigenvalue weighted by Gasteiger charge is 2.27. The zero-order chi connectivity index (χ0) is 12.4. The van der Waals surface area contributed by atoms with Gasteiger partial charge in [-0.1, -0.05) is 24.3 Å². The van der Waals surface area contributed by atoms with Crippen LogP contribution in [0.5, 0.6) is 0 Å². The number of carbonyl (C=O) groups is 1. The van der Waals surface area contributed by atoms with E-state index in [2.05, 4.69) is 34.5 Å². The van der Waals surface area contributed by atoms with Crippen LogP contribution in [0.15, 0.2) is 24.3 Å². The lowest BCUT2D eigenvalue weighted by molar-refractivity contribution is -0.120. The lowest BCUT2D eigenvalue weighted by Crippen LogP contribution is -2.45. The molecule has 96 valence electrons. The van der Waals surface area contributed by atoms with Crippen LogP contribution in [0.2, 0.25) is 0 Å². The molecule has 1 atom stereocenters. The Hall–Kier alpha value is -1.19. The number of Topliss-reactive ketones (excluding diaryl/α,β-unsaturated/α-hetero) is 1. The van der Waals surface area contributed by atoms with E-state index in [4.69, 9.17) is 0 Å². The van der Waals surface area contributed by atoms with Gasteiger partial charge in [-0.2, -0.15) is 0 Å². The van der Waals surface area contributed by atoms with Gasteiger partial charge in [-0.15, -0.1) is 0 Å². The molecule has 1 saturated heterocycles. The Bertz CT molecular complexity index is 438. The molecule has 18 heavy (non-hydrogen) atoms. The molecule has 0 bridgehead atoms. The van der Waals surface area contributed by atoms with Crippen molar-refractivity contribution in [3.63, 3.8) is 0 Å². The van der Waals surface area contributed by atoms with Crippen LogP contribution in [-0.4, -0.2) is 43.4 Å². The first kappa shape index (κ1) is 11.9. The highest BCUT2D eigenvalue weighted by Crippen LogP contribution is 2.37. The summed E-state index contributed by atoms with van der Waals surface area (Å²) in [7, 11) is 0. The van der Waals surface area contributed by atoms with Crippen molar-refractivity contribution in [1.29, 1.82) is 0 Å². The van der Waals surface area contributed by atoms with Gasteiger partial charge < -0.3 is 5.32 Å². The number of benzene rings is 1. The van der Waals surface area contributed by atoms with Gasteiger partial charge in [-0.25, -0.2) is 0 Å². The number of hydrogen-bond acceptors (Lipinski definition) is 3. The molecule has 0 aromatic heterocycles. The zero-order valence-electron chi connectivity index (χ0n) is 10.7. The Morgan fingerprint density at radius 1 is 1.28 bits per heavy atom. The first-order chi connectivity index (χ1) is 8.83. The van der Waals surface area contributed by atoms with E-state index >= 15 is 0 Å². The van der Waals surface area contributed by atoms with Gasteiger partial charge in [0, 0.05) is 32.6 Å². The fourth-order valence-electron chi connectivity index (χ4n) is 3.00. The third kappa shape index (κ3) is 2.47. The number of nitrogens with one attached hydrogen (secondary N) is 1. The molecule has 1 N–H and O–H groups in total. The van der Waals surface area contributed by atoms with E-state index in [1.807, 2.05) is 0 Å². The molecule has 2 aliphatic rings. The second-order valence-corrected chi connectivity index (χ2v) is 5.37. The van der Waals surface area contributed by atoms with Crippen LogP contribution in [0, 0.1) is 0 Å². The fourth-order valence-corrected chi connectivity index (χ4v) is 3.00. The summed E-state index contributed by atoms with van der Waals surface area (Å²) in [5.41, 5.74) is 2.82. The third-order valence-corrected chi connectivity index (χ3v) is 4.04. The average Bonchev–Trinajstić information content (AvgIpc) is 2.37. The molecule has 0 saturated carbocycles. The standard InChI is InChI=1S/C15H20N2O/c18-14(11-17-7-5-16-6-8-17)10-13-9-12-3-1-2-4-15(12)13/h1-4,13,16H,5-11H2. The lowest BCUT2D eigenvalue weighted by Gasteiger charge is -2.31. The van der Waals surface area contributed by atoms with Gasteiger partial charge in [0.15, 0.2) is 0 Å². The van der Waals surface area contributed by atoms with Gasteiger partial charge in [0.2, 0.25) is 0 Å². The van der Waals surface area contributed by atoms with Gasteiger partial charge >= 0.3 is 0 Å². The normalized spacial score (nSPS) is 23.2. The minimum absolute atomic E-state index is 0.399. The van der Waals surface area contributed by atoms with Crippen LogP contribution < -0.4 is 5.32 Å². The maximum Gasteiger partial charge on any atom is 0.147 e. The number of fused-ring (bicyclic) bond motifs is 1. The predicted octanol–water partition coefficient (Wildman–Crippen LogP) is 1.19. The summed E-state index contributed by atoms with van der Waals surface area (Å²) in [6.45, 7) is 4.68. The van der Waals surface area contributed by atoms with Gasteiger partial charge in [0.05, 0.1) is 6.54 Å². The van der Waals surface area contributed by atoms with Crippen LogP contribution in [0.1, 0.15) is 23.5 Å². The Kier molecular flexibility index (Phi) is 3.43. The molecule has 1 aliphatic heterocycles. The molecule has 0 radical (unpaired) electrons. The molecule has 3 heteroatoms. The number of nitrogens with zero attached hydrogens (tertiary/aromatic N) is 1. The SMILES string of the molecule is O=C(CC1Cc2ccccc21)CN1CCNCC1. The summed E-state index contributed by atoms with van der Waals surface area (Å²) in [5, 5.41) is 3.31. The van der Waals surface area contributed by atoms with E-state index in [9.17, 15) is 4.79 Å². The molecule has 1 aliphatic carbocycles. The molecule has 1 aromatic carbocycles. The summed E-state index contributed by atoms with van der Waals surface area (Å²) >= 11 is 0. The predicted molar refractivity (Wildman–Crippen MR) is 71.8 cm³/mol. The molecule has 0 spiro atoms. The number of piperazine rings is 1. The minimum atomic E-state index is 0.399. The number of hydrogen-bond donors (Lipinski definition) is 1. The Balaban J connectivity index is 1.50. The van der Waals surface area contributed by atoms with Crippen LogP contribution in [0.4, 0.5) is 0 Å². The summed E-state index contributed by atoms with van der Waals surface area (Å²) in [6.07, 6.45) is 1.81. The smallest absolute Gasteiger partial charge is 0.147 e. The van der Waals surface area contributed by atoms with E-state index in [-0.39, 0.29) is 0 Å². The molecule has 3 rings (SSSR count). The van der Waals surface area contributed by atoms with E-state index in [1.165, 1.54) is 11.1 Å². The van der Waals surface area contributed by atoms with Crippen molar-refractivity contribution in [3.05, 3.63) is 35.4 Å². The second-order valence-electron chi connectivity index (χ2n) is 5.37. The Morgan fingerprint density at radius 2 is 2.06 bits per heavy atom. The highest BCUT2D eigenvalue weighted by atomic mass is 16.1. The molecule has 1 unspecified atom stereocenters. The zero-order valence-corrected chi connectivity index (χ0v) is 10.7. The highest BCUT2D eigenvalue weighted by molar-refractivity contribution is 5.81. The summed E-state index contributed by atoms with van der Waals surface area (Å²) in [4.78, 5) is 14.3. The monoisotopic (exact) mass is 244 g/mol. The van der Waals surface area contributed by atoms with Crippen molar-refractivity contribution < 1.29 is 4.79 Å². The summed E-state index contributed by atoms with van der Waals surface area (Å²) in [6, 6.07) is 8.50. The molecule has 1 heterocycles. The molecule has 1 aromatic rings. The minimum Gasteiger partial charge on any atom is -0.314 e. The topological polar surface area (TPSA) is 32.3 Å². The lowest BCUT2D eigenvalue weighted by atomic mass is 9.75. The quantitative estimate of drug-likeness (QED) is 0.863. The Morgan fingerprint density at radius 3 is 2.83 bits per heavy atom.